The largest absolute Gasteiger partial charge is 0.463 e. The van der Waals surface area contributed by atoms with Crippen molar-refractivity contribution in [3.63, 3.8) is 0 Å². The number of ether oxygens (including phenoxy) is 4. The molecular weight excluding hydrogens is 428 g/mol. The molecule has 0 aromatic heterocycles. The van der Waals surface area contributed by atoms with Crippen LogP contribution in [0.2, 0.25) is 0 Å². The molecule has 1 aliphatic carbocycles. The van der Waals surface area contributed by atoms with Crippen molar-refractivity contribution in [1.29, 1.82) is 0 Å². The second kappa shape index (κ2) is 11.3. The van der Waals surface area contributed by atoms with Crippen LogP contribution in [0.4, 0.5) is 0 Å². The molecule has 33 heavy (non-hydrogen) atoms. The molecule has 2 aliphatic heterocycles. The topological polar surface area (TPSA) is 105 Å². The Morgan fingerprint density at radius 1 is 0.848 bits per heavy atom. The van der Waals surface area contributed by atoms with Gasteiger partial charge in [0, 0.05) is 18.8 Å². The number of carbonyl (C=O) groups excluding carboxylic acids is 4. The molecule has 4 unspecified atom stereocenters. The maximum atomic E-state index is 12.0. The summed E-state index contributed by atoms with van der Waals surface area (Å²) in [6, 6.07) is 0. The van der Waals surface area contributed by atoms with Crippen molar-refractivity contribution in [3.05, 3.63) is 0 Å². The number of fused-ring (bicyclic) bond motifs is 1. The molecule has 2 heterocycles. The molecule has 0 aromatic carbocycles. The minimum absolute atomic E-state index is 0.0513. The van der Waals surface area contributed by atoms with Crippen LogP contribution in [-0.4, -0.2) is 48.8 Å². The Hall–Kier alpha value is -2.12. The van der Waals surface area contributed by atoms with Crippen LogP contribution in [0.15, 0.2) is 0 Å². The summed E-state index contributed by atoms with van der Waals surface area (Å²) in [6.45, 7) is 11.5. The quantitative estimate of drug-likeness (QED) is 0.423. The van der Waals surface area contributed by atoms with Crippen molar-refractivity contribution in [2.75, 3.05) is 6.61 Å². The van der Waals surface area contributed by atoms with E-state index in [0.29, 0.717) is 38.2 Å². The summed E-state index contributed by atoms with van der Waals surface area (Å²) in [5.41, 5.74) is -1.06. The summed E-state index contributed by atoms with van der Waals surface area (Å²) in [6.07, 6.45) is 5.50. The number of hydrogen-bond donors (Lipinski definition) is 0. The van der Waals surface area contributed by atoms with Crippen molar-refractivity contribution >= 4 is 23.9 Å². The smallest absolute Gasteiger partial charge is 0.347 e. The zero-order valence-corrected chi connectivity index (χ0v) is 20.9. The Bertz CT molecular complexity index is 726. The molecule has 0 N–H and O–H groups in total. The van der Waals surface area contributed by atoms with Crippen molar-refractivity contribution < 1.29 is 38.1 Å². The molecule has 3 fully saturated rings. The van der Waals surface area contributed by atoms with Gasteiger partial charge in [-0.05, 0) is 59.8 Å². The minimum atomic E-state index is -0.697. The van der Waals surface area contributed by atoms with Crippen LogP contribution in [0.3, 0.4) is 0 Å². The van der Waals surface area contributed by atoms with E-state index in [9.17, 15) is 19.2 Å². The monoisotopic (exact) mass is 468 g/mol. The average molecular weight is 469 g/mol. The van der Waals surface area contributed by atoms with Crippen LogP contribution >= 0.6 is 0 Å². The van der Waals surface area contributed by atoms with E-state index in [4.69, 9.17) is 18.9 Å². The van der Waals surface area contributed by atoms with Gasteiger partial charge in [0.1, 0.15) is 6.10 Å². The Morgan fingerprint density at radius 2 is 1.39 bits per heavy atom. The molecule has 3 aliphatic rings. The first-order valence-corrected chi connectivity index (χ1v) is 12.2. The molecule has 3 rings (SSSR count). The highest BCUT2D eigenvalue weighted by molar-refractivity contribution is 5.83. The van der Waals surface area contributed by atoms with E-state index in [1.165, 1.54) is 6.42 Å². The highest BCUT2D eigenvalue weighted by Crippen LogP contribution is 2.36. The van der Waals surface area contributed by atoms with E-state index in [1.54, 1.807) is 13.8 Å². The van der Waals surface area contributed by atoms with Gasteiger partial charge in [-0.1, -0.05) is 20.3 Å². The number of cyclic esters (lactones) is 1. The molecule has 0 amide bonds. The first-order valence-electron chi connectivity index (χ1n) is 12.2. The van der Waals surface area contributed by atoms with Gasteiger partial charge in [-0.3, -0.25) is 9.59 Å². The lowest BCUT2D eigenvalue weighted by atomic mass is 9.81. The van der Waals surface area contributed by atoms with Crippen molar-refractivity contribution in [2.24, 2.45) is 16.7 Å². The van der Waals surface area contributed by atoms with Crippen LogP contribution in [0.1, 0.15) is 92.9 Å². The number of esters is 4. The van der Waals surface area contributed by atoms with Crippen LogP contribution in [0.5, 0.6) is 0 Å². The van der Waals surface area contributed by atoms with Gasteiger partial charge in [0.15, 0.2) is 6.10 Å². The maximum Gasteiger partial charge on any atom is 0.347 e. The van der Waals surface area contributed by atoms with E-state index < -0.39 is 29.0 Å². The first-order chi connectivity index (χ1) is 15.4. The van der Waals surface area contributed by atoms with Gasteiger partial charge < -0.3 is 18.9 Å². The number of hydrogen-bond acceptors (Lipinski definition) is 8. The van der Waals surface area contributed by atoms with Crippen LogP contribution in [0.25, 0.3) is 0 Å². The third-order valence-corrected chi connectivity index (χ3v) is 7.15. The molecule has 0 bridgehead atoms. The first kappa shape index (κ1) is 27.1. The average Bonchev–Trinajstić information content (AvgIpc) is 3.18. The van der Waals surface area contributed by atoms with E-state index in [2.05, 4.69) is 0 Å². The van der Waals surface area contributed by atoms with Gasteiger partial charge in [0.25, 0.3) is 0 Å². The highest BCUT2D eigenvalue weighted by atomic mass is 16.6. The third kappa shape index (κ3) is 7.18. The summed E-state index contributed by atoms with van der Waals surface area (Å²) in [5, 5.41) is 0. The SMILES string of the molecule is CCC(C)(C)C(=O)OC1CC2CCCCC2OC1=O.CCC(C)(C)C(=O)OC1CCOC1=O. The van der Waals surface area contributed by atoms with E-state index >= 15 is 0 Å². The fourth-order valence-corrected chi connectivity index (χ4v) is 3.74. The molecule has 188 valence electrons. The third-order valence-electron chi connectivity index (χ3n) is 7.15. The zero-order valence-electron chi connectivity index (χ0n) is 20.9. The van der Waals surface area contributed by atoms with Gasteiger partial charge in [-0.15, -0.1) is 0 Å². The molecule has 1 saturated carbocycles. The standard InChI is InChI=1S/C15H24O4.C10H16O4/c1-4-15(2,3)14(17)19-12-9-10-7-5-6-8-11(10)18-13(12)16;1-4-10(2,3)9(12)14-7-5-6-13-8(7)11/h10-12H,4-9H2,1-3H3;7H,4-6H2,1-3H3. The second-order valence-electron chi connectivity index (χ2n) is 10.5. The lowest BCUT2D eigenvalue weighted by molar-refractivity contribution is -0.190. The van der Waals surface area contributed by atoms with Gasteiger partial charge >= 0.3 is 23.9 Å². The molecule has 4 atom stereocenters. The molecule has 8 heteroatoms. The van der Waals surface area contributed by atoms with Crippen LogP contribution in [0, 0.1) is 16.7 Å². The molecule has 0 aromatic rings. The second-order valence-corrected chi connectivity index (χ2v) is 10.5. The minimum Gasteiger partial charge on any atom is -0.463 e. The lowest BCUT2D eigenvalue weighted by Gasteiger charge is -2.38. The van der Waals surface area contributed by atoms with Gasteiger partial charge in [-0.25, -0.2) is 9.59 Å². The zero-order chi connectivity index (χ0) is 24.8. The Balaban J connectivity index is 0.000000245. The maximum absolute atomic E-state index is 12.0. The summed E-state index contributed by atoms with van der Waals surface area (Å²) in [5.74, 6) is -1.04. The molecule has 2 saturated heterocycles. The Kier molecular flexibility index (Phi) is 9.32. The predicted molar refractivity (Wildman–Crippen MR) is 120 cm³/mol. The van der Waals surface area contributed by atoms with Gasteiger partial charge in [0.2, 0.25) is 6.10 Å². The fourth-order valence-electron chi connectivity index (χ4n) is 3.74. The number of rotatable bonds is 6. The van der Waals surface area contributed by atoms with Crippen molar-refractivity contribution in [2.45, 2.75) is 111 Å². The lowest BCUT2D eigenvalue weighted by Crippen LogP contribution is -2.45. The number of carbonyl (C=O) groups is 4. The summed E-state index contributed by atoms with van der Waals surface area (Å²) < 4.78 is 20.6. The summed E-state index contributed by atoms with van der Waals surface area (Å²) in [7, 11) is 0. The van der Waals surface area contributed by atoms with Crippen LogP contribution in [-0.2, 0) is 38.1 Å². The molecule has 0 spiro atoms. The summed E-state index contributed by atoms with van der Waals surface area (Å²) in [4.78, 5) is 46.5. The molecule has 0 radical (unpaired) electrons. The predicted octanol–water partition coefficient (Wildman–Crippen LogP) is 4.12. The molecular formula is C25H40O8. The van der Waals surface area contributed by atoms with E-state index in [1.807, 2.05) is 27.7 Å². The van der Waals surface area contributed by atoms with E-state index in [0.717, 1.165) is 19.3 Å². The Morgan fingerprint density at radius 3 is 1.91 bits per heavy atom. The Labute approximate surface area is 197 Å². The van der Waals surface area contributed by atoms with E-state index in [-0.39, 0.29) is 24.0 Å². The fraction of sp³-hybridized carbons (Fsp3) is 0.840. The van der Waals surface area contributed by atoms with Gasteiger partial charge in [-0.2, -0.15) is 0 Å². The normalized spacial score (nSPS) is 27.3. The highest BCUT2D eigenvalue weighted by Gasteiger charge is 2.42. The van der Waals surface area contributed by atoms with Crippen molar-refractivity contribution in [3.8, 4) is 0 Å². The van der Waals surface area contributed by atoms with Crippen LogP contribution < -0.4 is 0 Å². The molecule has 8 nitrogen and oxygen atoms in total. The van der Waals surface area contributed by atoms with Crippen molar-refractivity contribution in [1.82, 2.24) is 0 Å². The summed E-state index contributed by atoms with van der Waals surface area (Å²) >= 11 is 0. The van der Waals surface area contributed by atoms with Gasteiger partial charge in [0.05, 0.1) is 17.4 Å².